The molecule has 1 saturated heterocycles. The summed E-state index contributed by atoms with van der Waals surface area (Å²) >= 11 is 1.53. The Bertz CT molecular complexity index is 554. The third kappa shape index (κ3) is 3.95. The number of hydrogen-bond donors (Lipinski definition) is 2. The van der Waals surface area contributed by atoms with Crippen molar-refractivity contribution in [3.8, 4) is 0 Å². The molecule has 1 aromatic carbocycles. The number of anilines is 2. The van der Waals surface area contributed by atoms with Crippen LogP contribution in [0.15, 0.2) is 35.7 Å². The lowest BCUT2D eigenvalue weighted by molar-refractivity contribution is 0.538. The van der Waals surface area contributed by atoms with Gasteiger partial charge in [-0.25, -0.2) is 4.98 Å². The number of benzene rings is 1. The molecule has 2 heterocycles. The van der Waals surface area contributed by atoms with Gasteiger partial charge >= 0.3 is 0 Å². The van der Waals surface area contributed by atoms with Gasteiger partial charge in [0.2, 0.25) is 0 Å². The van der Waals surface area contributed by atoms with Crippen molar-refractivity contribution in [3.63, 3.8) is 0 Å². The first kappa shape index (κ1) is 14.4. The summed E-state index contributed by atoms with van der Waals surface area (Å²) in [6.07, 6.45) is 3.35. The molecule has 0 bridgehead atoms. The molecule has 1 atom stereocenters. The fourth-order valence-corrected chi connectivity index (χ4v) is 3.41. The SMILES string of the molecule is Nc1nc(CCCNC2CCN(c3ccccc3)C2)cs1. The molecular weight excluding hydrogens is 280 g/mol. The van der Waals surface area contributed by atoms with Crippen molar-refractivity contribution in [2.45, 2.75) is 25.3 Å². The van der Waals surface area contributed by atoms with Gasteiger partial charge in [0.15, 0.2) is 5.13 Å². The summed E-state index contributed by atoms with van der Waals surface area (Å²) < 4.78 is 0. The number of para-hydroxylation sites is 1. The third-order valence-electron chi connectivity index (χ3n) is 3.92. The van der Waals surface area contributed by atoms with E-state index in [2.05, 4.69) is 50.9 Å². The van der Waals surface area contributed by atoms with Gasteiger partial charge in [-0.3, -0.25) is 0 Å². The van der Waals surface area contributed by atoms with Crippen LogP contribution in [0.25, 0.3) is 0 Å². The van der Waals surface area contributed by atoms with E-state index >= 15 is 0 Å². The van der Waals surface area contributed by atoms with Gasteiger partial charge in [0.25, 0.3) is 0 Å². The van der Waals surface area contributed by atoms with Crippen molar-refractivity contribution in [2.75, 3.05) is 30.3 Å². The molecule has 4 nitrogen and oxygen atoms in total. The van der Waals surface area contributed by atoms with Crippen LogP contribution >= 0.6 is 11.3 Å². The lowest BCUT2D eigenvalue weighted by atomic mass is 10.2. The number of rotatable bonds is 6. The minimum atomic E-state index is 0.603. The standard InChI is InChI=1S/C16H22N4S/c17-16-19-14(12-21-16)5-4-9-18-13-8-10-20(11-13)15-6-2-1-3-7-15/h1-3,6-7,12-13,18H,4-5,8-11H2,(H2,17,19). The highest BCUT2D eigenvalue weighted by Gasteiger charge is 2.21. The predicted molar refractivity (Wildman–Crippen MR) is 89.9 cm³/mol. The Morgan fingerprint density at radius 3 is 2.95 bits per heavy atom. The second-order valence-corrected chi connectivity index (χ2v) is 6.39. The normalized spacial score (nSPS) is 18.3. The molecule has 1 aromatic heterocycles. The van der Waals surface area contributed by atoms with Gasteiger partial charge in [-0.05, 0) is 37.9 Å². The molecule has 0 aliphatic carbocycles. The highest BCUT2D eigenvalue weighted by Crippen LogP contribution is 2.19. The Morgan fingerprint density at radius 1 is 1.33 bits per heavy atom. The smallest absolute Gasteiger partial charge is 0.180 e. The molecule has 5 heteroatoms. The second-order valence-electron chi connectivity index (χ2n) is 5.50. The minimum Gasteiger partial charge on any atom is -0.375 e. The molecule has 1 aliphatic heterocycles. The molecular formula is C16H22N4S. The van der Waals surface area contributed by atoms with Crippen LogP contribution in [0.3, 0.4) is 0 Å². The van der Waals surface area contributed by atoms with Crippen LogP contribution < -0.4 is 16.0 Å². The van der Waals surface area contributed by atoms with Gasteiger partial charge < -0.3 is 16.0 Å². The zero-order chi connectivity index (χ0) is 14.5. The number of hydrogen-bond acceptors (Lipinski definition) is 5. The molecule has 0 radical (unpaired) electrons. The largest absolute Gasteiger partial charge is 0.375 e. The number of nitrogens with two attached hydrogens (primary N) is 1. The third-order valence-corrected chi connectivity index (χ3v) is 4.64. The highest BCUT2D eigenvalue weighted by molar-refractivity contribution is 7.13. The van der Waals surface area contributed by atoms with Crippen molar-refractivity contribution in [2.24, 2.45) is 0 Å². The van der Waals surface area contributed by atoms with E-state index in [0.29, 0.717) is 11.2 Å². The molecule has 0 saturated carbocycles. The van der Waals surface area contributed by atoms with Crippen LogP contribution in [-0.4, -0.2) is 30.7 Å². The Labute approximate surface area is 130 Å². The highest BCUT2D eigenvalue weighted by atomic mass is 32.1. The Morgan fingerprint density at radius 2 is 2.19 bits per heavy atom. The van der Waals surface area contributed by atoms with Crippen molar-refractivity contribution in [1.29, 1.82) is 0 Å². The number of nitrogen functional groups attached to an aromatic ring is 1. The van der Waals surface area contributed by atoms with E-state index in [0.717, 1.165) is 38.2 Å². The summed E-state index contributed by atoms with van der Waals surface area (Å²) in [4.78, 5) is 6.75. The maximum atomic E-state index is 5.64. The first-order valence-electron chi connectivity index (χ1n) is 7.54. The van der Waals surface area contributed by atoms with Crippen LogP contribution in [0.2, 0.25) is 0 Å². The molecule has 0 amide bonds. The van der Waals surface area contributed by atoms with E-state index < -0.39 is 0 Å². The van der Waals surface area contributed by atoms with E-state index in [1.54, 1.807) is 0 Å². The van der Waals surface area contributed by atoms with Crippen molar-refractivity contribution in [3.05, 3.63) is 41.4 Å². The average molecular weight is 302 g/mol. The number of nitrogens with zero attached hydrogens (tertiary/aromatic N) is 2. The topological polar surface area (TPSA) is 54.2 Å². The molecule has 1 aliphatic rings. The summed E-state index contributed by atoms with van der Waals surface area (Å²) in [6.45, 7) is 3.29. The molecule has 1 fully saturated rings. The molecule has 3 N–H and O–H groups in total. The van der Waals surface area contributed by atoms with E-state index in [9.17, 15) is 0 Å². The van der Waals surface area contributed by atoms with Crippen molar-refractivity contribution >= 4 is 22.2 Å². The summed E-state index contributed by atoms with van der Waals surface area (Å²) in [5.41, 5.74) is 8.09. The molecule has 3 rings (SSSR count). The summed E-state index contributed by atoms with van der Waals surface area (Å²) in [6, 6.07) is 11.3. The molecule has 2 aromatic rings. The zero-order valence-electron chi connectivity index (χ0n) is 12.2. The zero-order valence-corrected chi connectivity index (χ0v) is 13.0. The van der Waals surface area contributed by atoms with Gasteiger partial charge in [0.05, 0.1) is 5.69 Å². The number of aromatic nitrogens is 1. The lowest BCUT2D eigenvalue weighted by Gasteiger charge is -2.19. The maximum Gasteiger partial charge on any atom is 0.180 e. The number of thiazole rings is 1. The fraction of sp³-hybridized carbons (Fsp3) is 0.438. The van der Waals surface area contributed by atoms with Crippen molar-refractivity contribution < 1.29 is 0 Å². The summed E-state index contributed by atoms with van der Waals surface area (Å²) in [7, 11) is 0. The Kier molecular flexibility index (Phi) is 4.72. The fourth-order valence-electron chi connectivity index (χ4n) is 2.81. The van der Waals surface area contributed by atoms with Crippen molar-refractivity contribution in [1.82, 2.24) is 10.3 Å². The van der Waals surface area contributed by atoms with Crippen LogP contribution in [-0.2, 0) is 6.42 Å². The van der Waals surface area contributed by atoms with E-state index in [4.69, 9.17) is 5.73 Å². The average Bonchev–Trinajstić information content (AvgIpc) is 3.14. The first-order chi connectivity index (χ1) is 10.3. The predicted octanol–water partition coefficient (Wildman–Crippen LogP) is 2.53. The number of aryl methyl sites for hydroxylation is 1. The first-order valence-corrected chi connectivity index (χ1v) is 8.42. The van der Waals surface area contributed by atoms with E-state index in [1.807, 2.05) is 0 Å². The number of nitrogens with one attached hydrogen (secondary N) is 1. The van der Waals surface area contributed by atoms with Crippen LogP contribution in [0.5, 0.6) is 0 Å². The lowest BCUT2D eigenvalue weighted by Crippen LogP contribution is -2.33. The van der Waals surface area contributed by atoms with E-state index in [-0.39, 0.29) is 0 Å². The van der Waals surface area contributed by atoms with Gasteiger partial charge in [-0.2, -0.15) is 0 Å². The minimum absolute atomic E-state index is 0.603. The maximum absolute atomic E-state index is 5.64. The molecule has 1 unspecified atom stereocenters. The van der Waals surface area contributed by atoms with Gasteiger partial charge in [0.1, 0.15) is 0 Å². The Hall–Kier alpha value is -1.59. The van der Waals surface area contributed by atoms with Gasteiger partial charge in [-0.15, -0.1) is 11.3 Å². The summed E-state index contributed by atoms with van der Waals surface area (Å²) in [5, 5.41) is 6.39. The molecule has 112 valence electrons. The molecule has 21 heavy (non-hydrogen) atoms. The van der Waals surface area contributed by atoms with Crippen LogP contribution in [0, 0.1) is 0 Å². The van der Waals surface area contributed by atoms with Gasteiger partial charge in [-0.1, -0.05) is 18.2 Å². The Balaban J connectivity index is 1.37. The second kappa shape index (κ2) is 6.91. The summed E-state index contributed by atoms with van der Waals surface area (Å²) in [5.74, 6) is 0. The monoisotopic (exact) mass is 302 g/mol. The van der Waals surface area contributed by atoms with Gasteiger partial charge in [0, 0.05) is 30.2 Å². The van der Waals surface area contributed by atoms with Crippen LogP contribution in [0.4, 0.5) is 10.8 Å². The molecule has 0 spiro atoms. The van der Waals surface area contributed by atoms with Crippen LogP contribution in [0.1, 0.15) is 18.5 Å². The quantitative estimate of drug-likeness (QED) is 0.805. The van der Waals surface area contributed by atoms with E-state index in [1.165, 1.54) is 23.4 Å².